The Kier molecular flexibility index (Phi) is 4.99. The van der Waals surface area contributed by atoms with E-state index in [1.54, 1.807) is 6.07 Å². The molecule has 0 unspecified atom stereocenters. The lowest BCUT2D eigenvalue weighted by molar-refractivity contribution is 0.581. The number of hydrogen-bond acceptors (Lipinski definition) is 3. The van der Waals surface area contributed by atoms with Crippen LogP contribution in [0, 0.1) is 0 Å². The minimum absolute atomic E-state index is 0.261. The Labute approximate surface area is 122 Å². The number of halogens is 1. The van der Waals surface area contributed by atoms with Gasteiger partial charge in [0.2, 0.25) is 10.0 Å². The fraction of sp³-hybridized carbons (Fsp3) is 0.231. The molecule has 0 aliphatic heterocycles. The smallest absolute Gasteiger partial charge is 0.210 e. The van der Waals surface area contributed by atoms with Gasteiger partial charge in [0, 0.05) is 6.54 Å². The van der Waals surface area contributed by atoms with E-state index in [2.05, 4.69) is 4.72 Å². The van der Waals surface area contributed by atoms with Crippen LogP contribution >= 0.6 is 22.9 Å². The van der Waals surface area contributed by atoms with Crippen molar-refractivity contribution in [3.63, 3.8) is 0 Å². The van der Waals surface area contributed by atoms with Crippen molar-refractivity contribution in [3.8, 4) is 0 Å². The number of benzene rings is 1. The van der Waals surface area contributed by atoms with Gasteiger partial charge in [0.05, 0.1) is 4.34 Å². The zero-order valence-electron chi connectivity index (χ0n) is 10.2. The molecule has 3 nitrogen and oxygen atoms in total. The van der Waals surface area contributed by atoms with Crippen molar-refractivity contribution in [2.24, 2.45) is 0 Å². The van der Waals surface area contributed by atoms with Gasteiger partial charge in [-0.15, -0.1) is 11.3 Å². The molecule has 6 heteroatoms. The minimum atomic E-state index is -3.41. The molecular formula is C13H14ClNO2S2. The maximum Gasteiger partial charge on any atom is 0.250 e. The highest BCUT2D eigenvalue weighted by atomic mass is 35.5. The summed E-state index contributed by atoms with van der Waals surface area (Å²) in [6.07, 6.45) is 1.62. The van der Waals surface area contributed by atoms with Gasteiger partial charge in [-0.2, -0.15) is 0 Å². The maximum atomic E-state index is 11.9. The molecule has 1 N–H and O–H groups in total. The van der Waals surface area contributed by atoms with Gasteiger partial charge in [-0.05, 0) is 30.5 Å². The van der Waals surface area contributed by atoms with Crippen LogP contribution in [-0.4, -0.2) is 15.0 Å². The lowest BCUT2D eigenvalue weighted by Crippen LogP contribution is -2.24. The van der Waals surface area contributed by atoms with Crippen molar-refractivity contribution in [3.05, 3.63) is 52.4 Å². The van der Waals surface area contributed by atoms with Crippen LogP contribution in [0.15, 0.2) is 46.7 Å². The third kappa shape index (κ3) is 4.31. The van der Waals surface area contributed by atoms with Crippen molar-refractivity contribution < 1.29 is 8.42 Å². The summed E-state index contributed by atoms with van der Waals surface area (Å²) in [5, 5.41) is 0. The van der Waals surface area contributed by atoms with E-state index >= 15 is 0 Å². The van der Waals surface area contributed by atoms with Crippen molar-refractivity contribution in [1.29, 1.82) is 0 Å². The first-order valence-electron chi connectivity index (χ1n) is 5.87. The molecule has 2 rings (SSSR count). The van der Waals surface area contributed by atoms with Crippen LogP contribution in [-0.2, 0) is 16.4 Å². The molecule has 0 spiro atoms. The predicted molar refractivity (Wildman–Crippen MR) is 79.3 cm³/mol. The molecule has 1 heterocycles. The minimum Gasteiger partial charge on any atom is -0.210 e. The summed E-state index contributed by atoms with van der Waals surface area (Å²) in [7, 11) is -3.41. The summed E-state index contributed by atoms with van der Waals surface area (Å²) in [4.78, 5) is 0. The average molecular weight is 316 g/mol. The lowest BCUT2D eigenvalue weighted by atomic mass is 10.1. The molecule has 0 atom stereocenters. The quantitative estimate of drug-likeness (QED) is 0.831. The molecule has 1 aromatic carbocycles. The Balaban J connectivity index is 1.83. The van der Waals surface area contributed by atoms with E-state index in [1.165, 1.54) is 11.6 Å². The Morgan fingerprint density at radius 2 is 1.84 bits per heavy atom. The van der Waals surface area contributed by atoms with E-state index in [9.17, 15) is 8.42 Å². The molecule has 0 aliphatic carbocycles. The number of nitrogens with one attached hydrogen (secondary N) is 1. The van der Waals surface area contributed by atoms with E-state index in [4.69, 9.17) is 11.6 Å². The fourth-order valence-corrected chi connectivity index (χ4v) is 4.26. The first-order valence-corrected chi connectivity index (χ1v) is 8.54. The monoisotopic (exact) mass is 315 g/mol. The molecule has 0 saturated heterocycles. The van der Waals surface area contributed by atoms with Crippen LogP contribution in [0.3, 0.4) is 0 Å². The molecule has 102 valence electrons. The lowest BCUT2D eigenvalue weighted by Gasteiger charge is -2.04. The first kappa shape index (κ1) is 14.5. The van der Waals surface area contributed by atoms with Crippen molar-refractivity contribution in [2.75, 3.05) is 6.54 Å². The zero-order valence-corrected chi connectivity index (χ0v) is 12.6. The Bertz CT molecular complexity index is 623. The second-order valence-electron chi connectivity index (χ2n) is 4.05. The third-order valence-electron chi connectivity index (χ3n) is 2.59. The van der Waals surface area contributed by atoms with Crippen LogP contribution in [0.5, 0.6) is 0 Å². The topological polar surface area (TPSA) is 46.2 Å². The summed E-state index contributed by atoms with van der Waals surface area (Å²) >= 11 is 6.80. The summed E-state index contributed by atoms with van der Waals surface area (Å²) in [5.41, 5.74) is 1.21. The van der Waals surface area contributed by atoms with Gasteiger partial charge in [-0.3, -0.25) is 0 Å². The number of rotatable bonds is 6. The molecule has 0 aliphatic rings. The summed E-state index contributed by atoms with van der Waals surface area (Å²) in [5.74, 6) is 0. The molecule has 1 aromatic heterocycles. The van der Waals surface area contributed by atoms with Gasteiger partial charge in [-0.25, -0.2) is 13.1 Å². The van der Waals surface area contributed by atoms with Gasteiger partial charge in [-0.1, -0.05) is 41.9 Å². The van der Waals surface area contributed by atoms with E-state index in [-0.39, 0.29) is 4.21 Å². The molecule has 0 radical (unpaired) electrons. The highest BCUT2D eigenvalue weighted by Crippen LogP contribution is 2.25. The van der Waals surface area contributed by atoms with E-state index < -0.39 is 10.0 Å². The summed E-state index contributed by atoms with van der Waals surface area (Å²) in [6.45, 7) is 0.423. The largest absolute Gasteiger partial charge is 0.250 e. The average Bonchev–Trinajstić information content (AvgIpc) is 2.84. The molecule has 0 saturated carbocycles. The van der Waals surface area contributed by atoms with E-state index in [0.717, 1.165) is 24.2 Å². The Morgan fingerprint density at radius 3 is 2.47 bits per heavy atom. The van der Waals surface area contributed by atoms with Gasteiger partial charge in [0.1, 0.15) is 4.21 Å². The van der Waals surface area contributed by atoms with Crippen LogP contribution in [0.2, 0.25) is 4.34 Å². The van der Waals surface area contributed by atoms with E-state index in [1.807, 2.05) is 30.3 Å². The maximum absolute atomic E-state index is 11.9. The normalized spacial score (nSPS) is 11.6. The molecule has 2 aromatic rings. The fourth-order valence-electron chi connectivity index (χ4n) is 1.66. The molecule has 0 amide bonds. The standard InChI is InChI=1S/C13H14ClNO2S2/c14-12-8-9-13(18-12)19(16,17)15-10-4-7-11-5-2-1-3-6-11/h1-3,5-6,8-9,15H,4,7,10H2. The number of aryl methyl sites for hydroxylation is 1. The third-order valence-corrected chi connectivity index (χ3v) is 5.77. The van der Waals surface area contributed by atoms with Crippen molar-refractivity contribution >= 4 is 33.0 Å². The van der Waals surface area contributed by atoms with Gasteiger partial charge in [0.15, 0.2) is 0 Å². The Morgan fingerprint density at radius 1 is 1.11 bits per heavy atom. The molecule has 19 heavy (non-hydrogen) atoms. The highest BCUT2D eigenvalue weighted by molar-refractivity contribution is 7.91. The van der Waals surface area contributed by atoms with Crippen LogP contribution in [0.1, 0.15) is 12.0 Å². The van der Waals surface area contributed by atoms with Crippen LogP contribution < -0.4 is 4.72 Å². The van der Waals surface area contributed by atoms with Crippen molar-refractivity contribution in [2.45, 2.75) is 17.1 Å². The predicted octanol–water partition coefficient (Wildman–Crippen LogP) is 3.31. The first-order chi connectivity index (χ1) is 9.08. The second kappa shape index (κ2) is 6.52. The number of hydrogen-bond donors (Lipinski definition) is 1. The SMILES string of the molecule is O=S(=O)(NCCCc1ccccc1)c1ccc(Cl)s1. The molecular weight excluding hydrogens is 302 g/mol. The van der Waals surface area contributed by atoms with Gasteiger partial charge in [0.25, 0.3) is 0 Å². The van der Waals surface area contributed by atoms with Crippen LogP contribution in [0.4, 0.5) is 0 Å². The van der Waals surface area contributed by atoms with E-state index in [0.29, 0.717) is 10.9 Å². The second-order valence-corrected chi connectivity index (χ2v) is 7.75. The zero-order chi connectivity index (χ0) is 13.7. The summed E-state index contributed by atoms with van der Waals surface area (Å²) < 4.78 is 27.1. The highest BCUT2D eigenvalue weighted by Gasteiger charge is 2.15. The number of sulfonamides is 1. The summed E-state index contributed by atoms with van der Waals surface area (Å²) in [6, 6.07) is 13.1. The molecule has 0 fully saturated rings. The molecule has 0 bridgehead atoms. The Hall–Kier alpha value is -0.880. The van der Waals surface area contributed by atoms with Gasteiger partial charge < -0.3 is 0 Å². The number of thiophene rings is 1. The van der Waals surface area contributed by atoms with Crippen molar-refractivity contribution in [1.82, 2.24) is 4.72 Å². The van der Waals surface area contributed by atoms with Gasteiger partial charge >= 0.3 is 0 Å². The van der Waals surface area contributed by atoms with Crippen LogP contribution in [0.25, 0.3) is 0 Å².